The predicted octanol–water partition coefficient (Wildman–Crippen LogP) is 3.04. The summed E-state index contributed by atoms with van der Waals surface area (Å²) in [5.41, 5.74) is 0.836. The third kappa shape index (κ3) is 8.94. The Morgan fingerprint density at radius 3 is 2.16 bits per heavy atom. The van der Waals surface area contributed by atoms with Gasteiger partial charge in [-0.1, -0.05) is 52.0 Å². The number of benzene rings is 1. The van der Waals surface area contributed by atoms with Crippen molar-refractivity contribution >= 4 is 34.5 Å². The van der Waals surface area contributed by atoms with Gasteiger partial charge in [0, 0.05) is 5.39 Å². The van der Waals surface area contributed by atoms with E-state index in [1.807, 2.05) is 45.9 Å². The van der Waals surface area contributed by atoms with Gasteiger partial charge in [-0.2, -0.15) is 0 Å². The van der Waals surface area contributed by atoms with E-state index in [1.165, 1.54) is 21.0 Å². The zero-order chi connectivity index (χ0) is 24.0. The van der Waals surface area contributed by atoms with Gasteiger partial charge in [-0.25, -0.2) is 4.98 Å². The van der Waals surface area contributed by atoms with Gasteiger partial charge in [0.15, 0.2) is 5.78 Å². The molecule has 1 aromatic heterocycles. The molecule has 0 aliphatic carbocycles. The molecular weight excluding hydrogens is 398 g/mol. The molecule has 0 saturated heterocycles. The molecule has 8 heteroatoms. The second-order valence-electron chi connectivity index (χ2n) is 6.04. The molecule has 2 amide bonds. The number of ether oxygens (including phenoxy) is 1. The number of para-hydroxylation sites is 1. The summed E-state index contributed by atoms with van der Waals surface area (Å²) < 4.78 is 4.51. The maximum Gasteiger partial charge on any atom is 0.308 e. The molecular formula is C23H33N3O5. The minimum Gasteiger partial charge on any atom is -0.469 e. The molecule has 170 valence electrons. The van der Waals surface area contributed by atoms with Crippen molar-refractivity contribution in [1.29, 1.82) is 0 Å². The lowest BCUT2D eigenvalue weighted by atomic mass is 10.1. The zero-order valence-electron chi connectivity index (χ0n) is 19.3. The first-order valence-corrected chi connectivity index (χ1v) is 10.4. The van der Waals surface area contributed by atoms with Crippen LogP contribution >= 0.6 is 0 Å². The second kappa shape index (κ2) is 14.7. The fraction of sp³-hybridized carbons (Fsp3) is 0.435. The Bertz CT molecular complexity index is 882. The van der Waals surface area contributed by atoms with Gasteiger partial charge in [0.25, 0.3) is 5.91 Å². The van der Waals surface area contributed by atoms with Crippen molar-refractivity contribution in [2.45, 2.75) is 60.0 Å². The minimum atomic E-state index is -1.01. The number of nitrogens with zero attached hydrogens (tertiary/aromatic N) is 1. The molecule has 0 aliphatic rings. The Morgan fingerprint density at radius 2 is 1.58 bits per heavy atom. The molecule has 0 saturated carbocycles. The molecule has 0 spiro atoms. The number of rotatable bonds is 7. The molecule has 2 unspecified atom stereocenters. The number of hydrogen-bond donors (Lipinski definition) is 2. The van der Waals surface area contributed by atoms with Gasteiger partial charge in [-0.15, -0.1) is 0 Å². The predicted molar refractivity (Wildman–Crippen MR) is 121 cm³/mol. The molecule has 8 nitrogen and oxygen atoms in total. The van der Waals surface area contributed by atoms with E-state index in [9.17, 15) is 19.2 Å². The molecule has 0 fully saturated rings. The van der Waals surface area contributed by atoms with E-state index >= 15 is 0 Å². The fourth-order valence-electron chi connectivity index (χ4n) is 2.37. The molecule has 2 atom stereocenters. The SMILES string of the molecule is CC.CC.COC(=O)CC(NC(=O)C(C)NC(=O)c1ccc2ccccc2n1)C(C)=O. The number of ketones is 1. The lowest BCUT2D eigenvalue weighted by molar-refractivity contribution is -0.143. The third-order valence-corrected chi connectivity index (χ3v) is 3.98. The van der Waals surface area contributed by atoms with Gasteiger partial charge in [-0.05, 0) is 26.0 Å². The van der Waals surface area contributed by atoms with E-state index in [2.05, 4.69) is 20.4 Å². The van der Waals surface area contributed by atoms with Crippen LogP contribution in [0.3, 0.4) is 0 Å². The largest absolute Gasteiger partial charge is 0.469 e. The van der Waals surface area contributed by atoms with Crippen molar-refractivity contribution in [3.05, 3.63) is 42.1 Å². The van der Waals surface area contributed by atoms with Crippen LogP contribution in [0.25, 0.3) is 10.9 Å². The molecule has 2 aromatic rings. The van der Waals surface area contributed by atoms with Gasteiger partial charge in [-0.3, -0.25) is 19.2 Å². The van der Waals surface area contributed by atoms with E-state index in [1.54, 1.807) is 18.2 Å². The van der Waals surface area contributed by atoms with Crippen LogP contribution in [-0.2, 0) is 19.1 Å². The van der Waals surface area contributed by atoms with Crippen molar-refractivity contribution in [2.75, 3.05) is 7.11 Å². The first-order chi connectivity index (χ1) is 14.8. The van der Waals surface area contributed by atoms with Crippen LogP contribution in [0.1, 0.15) is 58.5 Å². The van der Waals surface area contributed by atoms with Gasteiger partial charge < -0.3 is 15.4 Å². The first kappa shape index (κ1) is 27.7. The Labute approximate surface area is 183 Å². The quantitative estimate of drug-likeness (QED) is 0.651. The van der Waals surface area contributed by atoms with Crippen LogP contribution in [0.15, 0.2) is 36.4 Å². The molecule has 2 rings (SSSR count). The van der Waals surface area contributed by atoms with E-state index in [0.29, 0.717) is 5.52 Å². The van der Waals surface area contributed by atoms with Crippen LogP contribution < -0.4 is 10.6 Å². The molecule has 0 radical (unpaired) electrons. The molecule has 1 aromatic carbocycles. The average Bonchev–Trinajstić information content (AvgIpc) is 2.80. The highest BCUT2D eigenvalue weighted by molar-refractivity contribution is 5.98. The van der Waals surface area contributed by atoms with Crippen molar-refractivity contribution in [3.63, 3.8) is 0 Å². The lowest BCUT2D eigenvalue weighted by Crippen LogP contribution is -2.50. The summed E-state index contributed by atoms with van der Waals surface area (Å²) in [7, 11) is 1.20. The van der Waals surface area contributed by atoms with Gasteiger partial charge in [0.1, 0.15) is 11.7 Å². The van der Waals surface area contributed by atoms with Crippen LogP contribution in [0.5, 0.6) is 0 Å². The summed E-state index contributed by atoms with van der Waals surface area (Å²) in [6.07, 6.45) is -0.273. The van der Waals surface area contributed by atoms with Crippen LogP contribution in [0, 0.1) is 0 Å². The van der Waals surface area contributed by atoms with Gasteiger partial charge in [0.2, 0.25) is 5.91 Å². The van der Waals surface area contributed by atoms with Crippen molar-refractivity contribution in [3.8, 4) is 0 Å². The average molecular weight is 432 g/mol. The first-order valence-electron chi connectivity index (χ1n) is 10.4. The normalized spacial score (nSPS) is 11.5. The summed E-state index contributed by atoms with van der Waals surface area (Å²) in [5, 5.41) is 5.87. The van der Waals surface area contributed by atoms with E-state index in [-0.39, 0.29) is 17.9 Å². The number of carbonyl (C=O) groups is 4. The molecule has 0 aliphatic heterocycles. The summed E-state index contributed by atoms with van der Waals surface area (Å²) in [5.74, 6) is -2.11. The smallest absolute Gasteiger partial charge is 0.308 e. The number of esters is 1. The van der Waals surface area contributed by atoms with Crippen molar-refractivity contribution in [1.82, 2.24) is 15.6 Å². The summed E-state index contributed by atoms with van der Waals surface area (Å²) in [4.78, 5) is 51.8. The van der Waals surface area contributed by atoms with E-state index < -0.39 is 29.9 Å². The Morgan fingerprint density at radius 1 is 0.968 bits per heavy atom. The summed E-state index contributed by atoms with van der Waals surface area (Å²) in [6, 6.07) is 8.75. The highest BCUT2D eigenvalue weighted by Gasteiger charge is 2.25. The Balaban J connectivity index is 0.00000212. The minimum absolute atomic E-state index is 0.172. The van der Waals surface area contributed by atoms with Gasteiger partial charge in [0.05, 0.1) is 25.1 Å². The van der Waals surface area contributed by atoms with Crippen molar-refractivity contribution in [2.24, 2.45) is 0 Å². The second-order valence-corrected chi connectivity index (χ2v) is 6.04. The maximum absolute atomic E-state index is 12.4. The number of methoxy groups -OCH3 is 1. The number of nitrogens with one attached hydrogen (secondary N) is 2. The number of fused-ring (bicyclic) bond motifs is 1. The summed E-state index contributed by atoms with van der Waals surface area (Å²) >= 11 is 0. The number of pyridine rings is 1. The fourth-order valence-corrected chi connectivity index (χ4v) is 2.37. The number of amides is 2. The highest BCUT2D eigenvalue weighted by atomic mass is 16.5. The molecule has 0 bridgehead atoms. The highest BCUT2D eigenvalue weighted by Crippen LogP contribution is 2.11. The summed E-state index contributed by atoms with van der Waals surface area (Å²) in [6.45, 7) is 10.7. The topological polar surface area (TPSA) is 114 Å². The molecule has 31 heavy (non-hydrogen) atoms. The molecule has 1 heterocycles. The van der Waals surface area contributed by atoms with Crippen LogP contribution in [0.2, 0.25) is 0 Å². The number of aromatic nitrogens is 1. The van der Waals surface area contributed by atoms with E-state index in [0.717, 1.165) is 5.39 Å². The lowest BCUT2D eigenvalue weighted by Gasteiger charge is -2.19. The van der Waals surface area contributed by atoms with Gasteiger partial charge >= 0.3 is 5.97 Å². The standard InChI is InChI=1S/C19H21N3O5.2C2H6/c1-11(18(25)22-16(12(2)23)10-17(24)27-3)20-19(26)15-9-8-13-6-4-5-7-14(13)21-15;2*1-2/h4-9,11,16H,10H2,1-3H3,(H,20,26)(H,22,25);2*1-2H3. The Hall–Kier alpha value is -3.29. The zero-order valence-corrected chi connectivity index (χ0v) is 19.3. The third-order valence-electron chi connectivity index (χ3n) is 3.98. The monoisotopic (exact) mass is 431 g/mol. The Kier molecular flexibility index (Phi) is 13.1. The van der Waals surface area contributed by atoms with Crippen molar-refractivity contribution < 1.29 is 23.9 Å². The number of hydrogen-bond acceptors (Lipinski definition) is 6. The van der Waals surface area contributed by atoms with E-state index in [4.69, 9.17) is 0 Å². The maximum atomic E-state index is 12.4. The number of carbonyl (C=O) groups excluding carboxylic acids is 4. The van der Waals surface area contributed by atoms with Crippen LogP contribution in [0.4, 0.5) is 0 Å². The molecule has 2 N–H and O–H groups in total. The number of Topliss-reactive ketones (excluding diaryl/α,β-unsaturated/α-hetero) is 1. The van der Waals surface area contributed by atoms with Crippen LogP contribution in [-0.4, -0.2) is 47.7 Å².